The minimum absolute atomic E-state index is 0.276. The Bertz CT molecular complexity index is 778. The Morgan fingerprint density at radius 2 is 2.09 bits per heavy atom. The Morgan fingerprint density at radius 1 is 1.30 bits per heavy atom. The Morgan fingerprint density at radius 3 is 2.74 bits per heavy atom. The van der Waals surface area contributed by atoms with Crippen molar-refractivity contribution in [3.8, 4) is 0 Å². The van der Waals surface area contributed by atoms with Gasteiger partial charge in [0, 0.05) is 10.6 Å². The molecule has 1 aliphatic heterocycles. The summed E-state index contributed by atoms with van der Waals surface area (Å²) in [6, 6.07) is 11.9. The van der Waals surface area contributed by atoms with Crippen LogP contribution >= 0.6 is 23.1 Å². The lowest BCUT2D eigenvalue weighted by molar-refractivity contribution is -0.117. The van der Waals surface area contributed by atoms with Crippen molar-refractivity contribution in [1.82, 2.24) is 5.43 Å². The van der Waals surface area contributed by atoms with Crippen LogP contribution in [0.3, 0.4) is 0 Å². The number of thioether (sulfide) groups is 1. The van der Waals surface area contributed by atoms with Crippen molar-refractivity contribution in [3.05, 3.63) is 51.7 Å². The number of rotatable bonds is 4. The van der Waals surface area contributed by atoms with Crippen LogP contribution in [-0.4, -0.2) is 22.5 Å². The van der Waals surface area contributed by atoms with Crippen molar-refractivity contribution in [2.45, 2.75) is 13.3 Å². The van der Waals surface area contributed by atoms with Gasteiger partial charge in [-0.3, -0.25) is 10.2 Å². The van der Waals surface area contributed by atoms with Crippen molar-refractivity contribution >= 4 is 45.6 Å². The van der Waals surface area contributed by atoms with Gasteiger partial charge in [0.15, 0.2) is 5.17 Å². The molecule has 7 heteroatoms. The molecule has 1 aliphatic rings. The number of hydrogen-bond donors (Lipinski definition) is 2. The van der Waals surface area contributed by atoms with Crippen molar-refractivity contribution in [3.63, 3.8) is 0 Å². The monoisotopic (exact) mass is 344 g/mol. The lowest BCUT2D eigenvalue weighted by Gasteiger charge is -2.13. The van der Waals surface area contributed by atoms with E-state index < -0.39 is 0 Å². The number of thiophene rings is 1. The molecule has 0 bridgehead atoms. The summed E-state index contributed by atoms with van der Waals surface area (Å²) in [7, 11) is 0. The van der Waals surface area contributed by atoms with Gasteiger partial charge in [-0.2, -0.15) is 5.10 Å². The first-order valence-electron chi connectivity index (χ1n) is 7.08. The van der Waals surface area contributed by atoms with Gasteiger partial charge in [0.1, 0.15) is 0 Å². The molecule has 0 saturated carbocycles. The molecule has 2 aromatic rings. The van der Waals surface area contributed by atoms with E-state index in [1.807, 2.05) is 36.4 Å². The number of nitrogens with zero attached hydrogens (tertiary/aromatic N) is 2. The van der Waals surface area contributed by atoms with Crippen LogP contribution in [0.25, 0.3) is 0 Å². The van der Waals surface area contributed by atoms with Crippen LogP contribution in [0.1, 0.15) is 15.3 Å². The highest BCUT2D eigenvalue weighted by atomic mass is 32.2. The third-order valence-corrected chi connectivity index (χ3v) is 5.20. The fourth-order valence-corrected chi connectivity index (χ4v) is 3.91. The SMILES string of the molecule is Cc1ccc(N=C2NN=C(c3ccc(CC(N)=O)s3)CS2)cc1. The lowest BCUT2D eigenvalue weighted by Crippen LogP contribution is -2.24. The minimum Gasteiger partial charge on any atom is -0.369 e. The number of carbonyl (C=O) groups excluding carboxylic acids is 1. The standard InChI is InChI=1S/C16H16N4OS2/c1-10-2-4-11(5-3-10)18-16-20-19-13(9-22-16)14-7-6-12(23-14)8-15(17)21/h2-7H,8-9H2,1H3,(H2,17,21)(H,18,20). The highest BCUT2D eigenvalue weighted by molar-refractivity contribution is 8.14. The van der Waals surface area contributed by atoms with Crippen LogP contribution in [0.5, 0.6) is 0 Å². The number of nitrogens with two attached hydrogens (primary N) is 1. The number of aliphatic imine (C=N–C) groups is 1. The normalized spacial score (nSPS) is 16.0. The van der Waals surface area contributed by atoms with E-state index in [0.29, 0.717) is 0 Å². The molecule has 0 radical (unpaired) electrons. The number of hydrazone groups is 1. The predicted octanol–water partition coefficient (Wildman–Crippen LogP) is 2.81. The largest absolute Gasteiger partial charge is 0.369 e. The fraction of sp³-hybridized carbons (Fsp3) is 0.188. The van der Waals surface area contributed by atoms with Gasteiger partial charge in [-0.25, -0.2) is 4.99 Å². The maximum Gasteiger partial charge on any atom is 0.222 e. The van der Waals surface area contributed by atoms with Gasteiger partial charge in [0.2, 0.25) is 5.91 Å². The van der Waals surface area contributed by atoms with E-state index >= 15 is 0 Å². The molecule has 3 N–H and O–H groups in total. The molecule has 0 unspecified atom stereocenters. The summed E-state index contributed by atoms with van der Waals surface area (Å²) in [5, 5.41) is 5.18. The molecule has 118 valence electrons. The van der Waals surface area contributed by atoms with E-state index in [9.17, 15) is 4.79 Å². The van der Waals surface area contributed by atoms with Crippen LogP contribution in [-0.2, 0) is 11.2 Å². The second-order valence-corrected chi connectivity index (χ2v) is 7.25. The molecule has 2 heterocycles. The van der Waals surface area contributed by atoms with E-state index in [4.69, 9.17) is 5.73 Å². The summed E-state index contributed by atoms with van der Waals surface area (Å²) in [6.45, 7) is 2.05. The Hall–Kier alpha value is -2.12. The zero-order valence-electron chi connectivity index (χ0n) is 12.6. The number of amidine groups is 1. The molecule has 1 aromatic carbocycles. The van der Waals surface area contributed by atoms with E-state index in [1.165, 1.54) is 5.56 Å². The number of amides is 1. The smallest absolute Gasteiger partial charge is 0.222 e. The number of hydrogen-bond acceptors (Lipinski definition) is 5. The Balaban J connectivity index is 1.69. The van der Waals surface area contributed by atoms with Crippen molar-refractivity contribution < 1.29 is 4.79 Å². The van der Waals surface area contributed by atoms with Crippen LogP contribution in [0.4, 0.5) is 5.69 Å². The van der Waals surface area contributed by atoms with Crippen molar-refractivity contribution in [1.29, 1.82) is 0 Å². The number of benzene rings is 1. The third-order valence-electron chi connectivity index (χ3n) is 3.19. The maximum absolute atomic E-state index is 11.0. The topological polar surface area (TPSA) is 79.8 Å². The highest BCUT2D eigenvalue weighted by Gasteiger charge is 2.15. The summed E-state index contributed by atoms with van der Waals surface area (Å²) in [5.74, 6) is 0.429. The van der Waals surface area contributed by atoms with Crippen LogP contribution in [0.2, 0.25) is 0 Å². The van der Waals surface area contributed by atoms with Crippen LogP contribution in [0.15, 0.2) is 46.5 Å². The summed E-state index contributed by atoms with van der Waals surface area (Å²) in [4.78, 5) is 17.5. The molecule has 5 nitrogen and oxygen atoms in total. The van der Waals surface area contributed by atoms with Crippen LogP contribution < -0.4 is 11.2 Å². The first kappa shape index (κ1) is 15.8. The molecular formula is C16H16N4OS2. The maximum atomic E-state index is 11.0. The average molecular weight is 344 g/mol. The third kappa shape index (κ3) is 4.20. The minimum atomic E-state index is -0.316. The molecule has 1 amide bonds. The van der Waals surface area contributed by atoms with E-state index in [1.54, 1.807) is 23.1 Å². The first-order valence-corrected chi connectivity index (χ1v) is 8.88. The zero-order valence-corrected chi connectivity index (χ0v) is 14.2. The average Bonchev–Trinajstić information content (AvgIpc) is 2.98. The fourth-order valence-electron chi connectivity index (χ4n) is 2.04. The first-order chi connectivity index (χ1) is 11.1. The summed E-state index contributed by atoms with van der Waals surface area (Å²) in [5.41, 5.74) is 11.3. The summed E-state index contributed by atoms with van der Waals surface area (Å²) < 4.78 is 0. The van der Waals surface area contributed by atoms with Gasteiger partial charge in [0.05, 0.1) is 22.7 Å². The lowest BCUT2D eigenvalue weighted by atomic mass is 10.2. The van der Waals surface area contributed by atoms with Gasteiger partial charge < -0.3 is 5.73 Å². The number of primary amides is 1. The van der Waals surface area contributed by atoms with Gasteiger partial charge in [-0.15, -0.1) is 11.3 Å². The molecule has 0 saturated heterocycles. The van der Waals surface area contributed by atoms with E-state index in [2.05, 4.69) is 22.4 Å². The summed E-state index contributed by atoms with van der Waals surface area (Å²) >= 11 is 3.16. The Labute approximate surface area is 142 Å². The number of carbonyl (C=O) groups is 1. The molecule has 0 aliphatic carbocycles. The summed E-state index contributed by atoms with van der Waals surface area (Å²) in [6.07, 6.45) is 0.276. The molecular weight excluding hydrogens is 328 g/mol. The second-order valence-electron chi connectivity index (χ2n) is 5.12. The molecule has 3 rings (SSSR count). The van der Waals surface area contributed by atoms with E-state index in [-0.39, 0.29) is 12.3 Å². The Kier molecular flexibility index (Phi) is 4.78. The van der Waals surface area contributed by atoms with Crippen LogP contribution in [0, 0.1) is 6.92 Å². The molecule has 0 fully saturated rings. The zero-order chi connectivity index (χ0) is 16.2. The molecule has 1 aromatic heterocycles. The van der Waals surface area contributed by atoms with Crippen molar-refractivity contribution in [2.75, 3.05) is 5.75 Å². The molecule has 23 heavy (non-hydrogen) atoms. The van der Waals surface area contributed by atoms with E-state index in [0.717, 1.165) is 32.1 Å². The van der Waals surface area contributed by atoms with Gasteiger partial charge >= 0.3 is 0 Å². The highest BCUT2D eigenvalue weighted by Crippen LogP contribution is 2.23. The quantitative estimate of drug-likeness (QED) is 0.895. The van der Waals surface area contributed by atoms with Gasteiger partial charge in [0.25, 0.3) is 0 Å². The molecule has 0 spiro atoms. The van der Waals surface area contributed by atoms with Gasteiger partial charge in [-0.1, -0.05) is 29.5 Å². The number of aryl methyl sites for hydroxylation is 1. The predicted molar refractivity (Wildman–Crippen MR) is 97.6 cm³/mol. The second kappa shape index (κ2) is 6.97. The van der Waals surface area contributed by atoms with Gasteiger partial charge in [-0.05, 0) is 31.2 Å². The molecule has 0 atom stereocenters. The van der Waals surface area contributed by atoms with Crippen molar-refractivity contribution in [2.24, 2.45) is 15.8 Å². The number of nitrogens with one attached hydrogen (secondary N) is 1.